The number of hydrogen-bond donors (Lipinski definition) is 1. The van der Waals surface area contributed by atoms with Crippen molar-refractivity contribution in [1.29, 1.82) is 0 Å². The number of anilines is 1. The summed E-state index contributed by atoms with van der Waals surface area (Å²) in [4.78, 5) is 22.5. The number of carbonyl (C=O) groups is 1. The molecule has 3 aromatic heterocycles. The molecule has 3 aromatic rings. The summed E-state index contributed by atoms with van der Waals surface area (Å²) < 4.78 is 4.87. The minimum atomic E-state index is -0.524. The molecule has 0 spiro atoms. The van der Waals surface area contributed by atoms with E-state index in [1.807, 2.05) is 24.7 Å². The van der Waals surface area contributed by atoms with E-state index in [0.29, 0.717) is 12.2 Å². The first-order valence-electron chi connectivity index (χ1n) is 8.39. The zero-order valence-corrected chi connectivity index (χ0v) is 15.3. The largest absolute Gasteiger partial charge is 0.322 e. The normalized spacial score (nSPS) is 10.9. The van der Waals surface area contributed by atoms with Gasteiger partial charge in [-0.3, -0.25) is 29.0 Å². The van der Waals surface area contributed by atoms with Gasteiger partial charge in [-0.15, -0.1) is 0 Å². The summed E-state index contributed by atoms with van der Waals surface area (Å²) in [5.41, 5.74) is 2.83. The number of nitrogens with one attached hydrogen (secondary N) is 1. The molecule has 11 heteroatoms. The maximum atomic E-state index is 12.1. The zero-order valence-electron chi connectivity index (χ0n) is 15.3. The Kier molecular flexibility index (Phi) is 5.01. The lowest BCUT2D eigenvalue weighted by atomic mass is 10.2. The van der Waals surface area contributed by atoms with Crippen LogP contribution in [-0.2, 0) is 24.4 Å². The van der Waals surface area contributed by atoms with Crippen molar-refractivity contribution < 1.29 is 9.72 Å². The molecule has 0 saturated heterocycles. The quantitative estimate of drug-likeness (QED) is 0.495. The number of hydrogen-bond acceptors (Lipinski definition) is 6. The van der Waals surface area contributed by atoms with Gasteiger partial charge in [0.25, 0.3) is 0 Å². The van der Waals surface area contributed by atoms with E-state index in [4.69, 9.17) is 0 Å². The Labute approximate surface area is 154 Å². The van der Waals surface area contributed by atoms with Gasteiger partial charge in [0.15, 0.2) is 0 Å². The molecule has 3 rings (SSSR count). The summed E-state index contributed by atoms with van der Waals surface area (Å²) in [6, 6.07) is 0. The first kappa shape index (κ1) is 18.3. The van der Waals surface area contributed by atoms with Gasteiger partial charge in [-0.1, -0.05) is 0 Å². The fourth-order valence-corrected chi connectivity index (χ4v) is 2.76. The maximum absolute atomic E-state index is 12.1. The molecular weight excluding hydrogens is 352 g/mol. The summed E-state index contributed by atoms with van der Waals surface area (Å²) >= 11 is 0. The van der Waals surface area contributed by atoms with Crippen LogP contribution in [0.5, 0.6) is 0 Å². The molecule has 27 heavy (non-hydrogen) atoms. The Morgan fingerprint density at radius 1 is 1.22 bits per heavy atom. The Hall–Kier alpha value is -3.50. The lowest BCUT2D eigenvalue weighted by Crippen LogP contribution is -2.18. The van der Waals surface area contributed by atoms with Crippen molar-refractivity contribution in [3.05, 3.63) is 51.9 Å². The lowest BCUT2D eigenvalue weighted by molar-refractivity contribution is -0.385. The molecule has 0 aliphatic carbocycles. The Morgan fingerprint density at radius 2 is 2.00 bits per heavy atom. The van der Waals surface area contributed by atoms with Crippen molar-refractivity contribution in [2.75, 3.05) is 5.32 Å². The van der Waals surface area contributed by atoms with E-state index in [0.717, 1.165) is 17.8 Å². The monoisotopic (exact) mass is 372 g/mol. The van der Waals surface area contributed by atoms with Gasteiger partial charge in [0.2, 0.25) is 5.91 Å². The van der Waals surface area contributed by atoms with Crippen molar-refractivity contribution in [2.45, 2.75) is 40.4 Å². The van der Waals surface area contributed by atoms with Gasteiger partial charge in [0.1, 0.15) is 18.4 Å². The molecule has 0 atom stereocenters. The number of aryl methyl sites for hydroxylation is 2. The van der Waals surface area contributed by atoms with Crippen LogP contribution < -0.4 is 5.32 Å². The van der Waals surface area contributed by atoms with Crippen LogP contribution in [0, 0.1) is 24.0 Å². The van der Waals surface area contributed by atoms with Crippen molar-refractivity contribution >= 4 is 17.3 Å². The molecule has 3 heterocycles. The molecule has 0 bridgehead atoms. The standard InChI is InChI=1S/C16H20N8O3/c1-4-23-12(3)13(5-18-23)7-21-8-14(6-17-21)19-16(25)10-22-9-15(24(26)27)11(2)20-22/h5-6,8-9H,4,7,10H2,1-3H3,(H,19,25). The molecule has 1 N–H and O–H groups in total. The van der Waals surface area contributed by atoms with Crippen molar-refractivity contribution in [3.8, 4) is 0 Å². The molecule has 0 saturated carbocycles. The van der Waals surface area contributed by atoms with Crippen LogP contribution in [0.3, 0.4) is 0 Å². The SMILES string of the molecule is CCn1ncc(Cn2cc(NC(=O)Cn3cc([N+](=O)[O-])c(C)n3)cn2)c1C. The number of nitrogens with zero attached hydrogens (tertiary/aromatic N) is 7. The second-order valence-electron chi connectivity index (χ2n) is 6.10. The van der Waals surface area contributed by atoms with Crippen LogP contribution in [0.2, 0.25) is 0 Å². The topological polar surface area (TPSA) is 126 Å². The van der Waals surface area contributed by atoms with Gasteiger partial charge >= 0.3 is 5.69 Å². The minimum Gasteiger partial charge on any atom is -0.322 e. The van der Waals surface area contributed by atoms with E-state index in [1.54, 1.807) is 17.1 Å². The molecular formula is C16H20N8O3. The average Bonchev–Trinajstić information content (AvgIpc) is 3.28. The van der Waals surface area contributed by atoms with Crippen LogP contribution in [0.1, 0.15) is 23.9 Å². The fraction of sp³-hybridized carbons (Fsp3) is 0.375. The lowest BCUT2D eigenvalue weighted by Gasteiger charge is -2.03. The van der Waals surface area contributed by atoms with E-state index in [9.17, 15) is 14.9 Å². The van der Waals surface area contributed by atoms with Gasteiger partial charge in [-0.2, -0.15) is 15.3 Å². The number of aromatic nitrogens is 6. The molecule has 0 unspecified atom stereocenters. The highest BCUT2D eigenvalue weighted by Crippen LogP contribution is 2.15. The van der Waals surface area contributed by atoms with E-state index in [-0.39, 0.29) is 23.8 Å². The minimum absolute atomic E-state index is 0.112. The highest BCUT2D eigenvalue weighted by molar-refractivity contribution is 5.90. The second kappa shape index (κ2) is 7.40. The molecule has 0 aliphatic rings. The van der Waals surface area contributed by atoms with Crippen LogP contribution >= 0.6 is 0 Å². The molecule has 0 aliphatic heterocycles. The third-order valence-corrected chi connectivity index (χ3v) is 4.18. The van der Waals surface area contributed by atoms with Crippen molar-refractivity contribution in [3.63, 3.8) is 0 Å². The van der Waals surface area contributed by atoms with Crippen molar-refractivity contribution in [1.82, 2.24) is 29.3 Å². The van der Waals surface area contributed by atoms with E-state index in [1.165, 1.54) is 17.8 Å². The van der Waals surface area contributed by atoms with E-state index < -0.39 is 4.92 Å². The van der Waals surface area contributed by atoms with Crippen LogP contribution in [0.15, 0.2) is 24.8 Å². The van der Waals surface area contributed by atoms with Gasteiger partial charge in [-0.25, -0.2) is 0 Å². The van der Waals surface area contributed by atoms with Crippen LogP contribution in [-0.4, -0.2) is 40.2 Å². The maximum Gasteiger partial charge on any atom is 0.309 e. The summed E-state index contributed by atoms with van der Waals surface area (Å²) in [5, 5.41) is 26.1. The summed E-state index contributed by atoms with van der Waals surface area (Å²) in [6.45, 7) is 6.79. The molecule has 0 fully saturated rings. The summed E-state index contributed by atoms with van der Waals surface area (Å²) in [5.74, 6) is -0.345. The van der Waals surface area contributed by atoms with Gasteiger partial charge in [0, 0.05) is 24.0 Å². The van der Waals surface area contributed by atoms with Gasteiger partial charge < -0.3 is 5.32 Å². The van der Waals surface area contributed by atoms with Gasteiger partial charge in [-0.05, 0) is 20.8 Å². The van der Waals surface area contributed by atoms with Crippen LogP contribution in [0.4, 0.5) is 11.4 Å². The van der Waals surface area contributed by atoms with E-state index in [2.05, 4.69) is 20.6 Å². The predicted molar refractivity (Wildman–Crippen MR) is 96.2 cm³/mol. The Morgan fingerprint density at radius 3 is 2.63 bits per heavy atom. The Balaban J connectivity index is 1.61. The van der Waals surface area contributed by atoms with Crippen molar-refractivity contribution in [2.24, 2.45) is 0 Å². The number of nitro groups is 1. The average molecular weight is 372 g/mol. The number of amides is 1. The first-order chi connectivity index (χ1) is 12.9. The van der Waals surface area contributed by atoms with Crippen LogP contribution in [0.25, 0.3) is 0 Å². The van der Waals surface area contributed by atoms with Gasteiger partial charge in [0.05, 0.1) is 29.5 Å². The molecule has 1 amide bonds. The highest BCUT2D eigenvalue weighted by atomic mass is 16.6. The Bertz CT molecular complexity index is 984. The first-order valence-corrected chi connectivity index (χ1v) is 8.39. The fourth-order valence-electron chi connectivity index (χ4n) is 2.76. The number of carbonyl (C=O) groups excluding carboxylic acids is 1. The number of rotatable bonds is 7. The highest BCUT2D eigenvalue weighted by Gasteiger charge is 2.17. The molecule has 0 radical (unpaired) electrons. The second-order valence-corrected chi connectivity index (χ2v) is 6.10. The van der Waals surface area contributed by atoms with E-state index >= 15 is 0 Å². The summed E-state index contributed by atoms with van der Waals surface area (Å²) in [6.07, 6.45) is 6.32. The third-order valence-electron chi connectivity index (χ3n) is 4.18. The molecule has 142 valence electrons. The summed E-state index contributed by atoms with van der Waals surface area (Å²) in [7, 11) is 0. The zero-order chi connectivity index (χ0) is 19.6. The third kappa shape index (κ3) is 4.02. The predicted octanol–water partition coefficient (Wildman–Crippen LogP) is 1.51. The molecule has 11 nitrogen and oxygen atoms in total. The molecule has 0 aromatic carbocycles. The smallest absolute Gasteiger partial charge is 0.309 e.